The van der Waals surface area contributed by atoms with Crippen LogP contribution in [0.4, 0.5) is 5.82 Å². The van der Waals surface area contributed by atoms with Crippen molar-refractivity contribution in [3.05, 3.63) is 6.07 Å². The molecule has 0 saturated carbocycles. The molecular weight excluding hydrogens is 194 g/mol. The van der Waals surface area contributed by atoms with Crippen LogP contribution in [0.1, 0.15) is 27.7 Å². The summed E-state index contributed by atoms with van der Waals surface area (Å²) in [5, 5.41) is 0. The molecule has 84 valence electrons. The maximum absolute atomic E-state index is 5.60. The Morgan fingerprint density at radius 2 is 1.67 bits per heavy atom. The van der Waals surface area contributed by atoms with Crippen LogP contribution in [0, 0.1) is 0 Å². The van der Waals surface area contributed by atoms with Gasteiger partial charge in [-0.1, -0.05) is 0 Å². The van der Waals surface area contributed by atoms with Crippen molar-refractivity contribution in [2.75, 3.05) is 5.73 Å². The molecule has 1 aromatic rings. The van der Waals surface area contributed by atoms with Crippen molar-refractivity contribution in [1.29, 1.82) is 0 Å². The van der Waals surface area contributed by atoms with Crippen molar-refractivity contribution in [1.82, 2.24) is 9.97 Å². The van der Waals surface area contributed by atoms with E-state index in [9.17, 15) is 0 Å². The first-order chi connectivity index (χ1) is 6.97. The minimum atomic E-state index is 0.0127. The van der Waals surface area contributed by atoms with Gasteiger partial charge in [0.15, 0.2) is 0 Å². The number of nitrogen functional groups attached to an aromatic ring is 1. The fourth-order valence-corrected chi connectivity index (χ4v) is 0.986. The van der Waals surface area contributed by atoms with Crippen LogP contribution in [-0.4, -0.2) is 22.2 Å². The lowest BCUT2D eigenvalue weighted by Gasteiger charge is -2.12. The zero-order valence-electron chi connectivity index (χ0n) is 9.52. The van der Waals surface area contributed by atoms with Gasteiger partial charge in [-0.05, 0) is 27.7 Å². The summed E-state index contributed by atoms with van der Waals surface area (Å²) in [7, 11) is 0. The molecule has 0 atom stereocenters. The summed E-state index contributed by atoms with van der Waals surface area (Å²) in [5.74, 6) is 0.782. The molecule has 0 saturated heterocycles. The van der Waals surface area contributed by atoms with Crippen LogP contribution in [0.15, 0.2) is 6.07 Å². The van der Waals surface area contributed by atoms with Gasteiger partial charge in [-0.2, -0.15) is 9.97 Å². The van der Waals surface area contributed by atoms with Crippen LogP contribution >= 0.6 is 0 Å². The number of ether oxygens (including phenoxy) is 2. The molecule has 0 aliphatic heterocycles. The highest BCUT2D eigenvalue weighted by atomic mass is 16.5. The lowest BCUT2D eigenvalue weighted by atomic mass is 10.5. The molecule has 0 radical (unpaired) electrons. The van der Waals surface area contributed by atoms with Gasteiger partial charge in [0.25, 0.3) is 0 Å². The van der Waals surface area contributed by atoms with Gasteiger partial charge in [-0.25, -0.2) is 0 Å². The fourth-order valence-electron chi connectivity index (χ4n) is 0.986. The summed E-state index contributed by atoms with van der Waals surface area (Å²) in [6, 6.07) is 1.83. The molecule has 2 N–H and O–H groups in total. The van der Waals surface area contributed by atoms with Crippen molar-refractivity contribution in [2.45, 2.75) is 39.9 Å². The van der Waals surface area contributed by atoms with Gasteiger partial charge >= 0.3 is 6.01 Å². The zero-order chi connectivity index (χ0) is 11.4. The van der Waals surface area contributed by atoms with Gasteiger partial charge in [0, 0.05) is 6.07 Å². The number of anilines is 1. The van der Waals surface area contributed by atoms with Gasteiger partial charge in [0.1, 0.15) is 5.82 Å². The van der Waals surface area contributed by atoms with Crippen LogP contribution in [0.3, 0.4) is 0 Å². The van der Waals surface area contributed by atoms with E-state index < -0.39 is 0 Å². The predicted octanol–water partition coefficient (Wildman–Crippen LogP) is 1.63. The summed E-state index contributed by atoms with van der Waals surface area (Å²) in [6.07, 6.45) is 0.0601. The van der Waals surface area contributed by atoms with E-state index in [4.69, 9.17) is 15.2 Å². The van der Waals surface area contributed by atoms with E-state index in [-0.39, 0.29) is 18.2 Å². The highest BCUT2D eigenvalue weighted by Crippen LogP contribution is 2.17. The van der Waals surface area contributed by atoms with Gasteiger partial charge in [0.2, 0.25) is 5.88 Å². The molecule has 0 spiro atoms. The average molecular weight is 211 g/mol. The summed E-state index contributed by atoms with van der Waals surface area (Å²) in [4.78, 5) is 8.02. The third-order valence-corrected chi connectivity index (χ3v) is 1.40. The Bertz CT molecular complexity index is 298. The van der Waals surface area contributed by atoms with Gasteiger partial charge < -0.3 is 15.2 Å². The molecule has 0 unspecified atom stereocenters. The van der Waals surface area contributed by atoms with Crippen molar-refractivity contribution in [3.63, 3.8) is 0 Å². The van der Waals surface area contributed by atoms with Crippen molar-refractivity contribution in [2.24, 2.45) is 0 Å². The van der Waals surface area contributed by atoms with E-state index in [1.54, 1.807) is 6.07 Å². The van der Waals surface area contributed by atoms with Crippen LogP contribution in [0.2, 0.25) is 0 Å². The second-order valence-corrected chi connectivity index (χ2v) is 3.75. The maximum atomic E-state index is 5.60. The van der Waals surface area contributed by atoms with E-state index in [1.807, 2.05) is 27.7 Å². The first-order valence-corrected chi connectivity index (χ1v) is 4.95. The van der Waals surface area contributed by atoms with Crippen LogP contribution in [0.25, 0.3) is 0 Å². The minimum Gasteiger partial charge on any atom is -0.475 e. The molecule has 15 heavy (non-hydrogen) atoms. The Morgan fingerprint density at radius 1 is 1.07 bits per heavy atom. The standard InChI is InChI=1S/C10H17N3O2/c1-6(2)14-9-5-8(11)12-10(13-9)15-7(3)4/h5-7H,1-4H3,(H2,11,12,13). The number of nitrogens with two attached hydrogens (primary N) is 1. The molecule has 0 aromatic carbocycles. The van der Waals surface area contributed by atoms with Crippen molar-refractivity contribution < 1.29 is 9.47 Å². The second-order valence-electron chi connectivity index (χ2n) is 3.75. The molecule has 0 amide bonds. The molecule has 1 heterocycles. The molecular formula is C10H17N3O2. The topological polar surface area (TPSA) is 70.3 Å². The third kappa shape index (κ3) is 4.01. The lowest BCUT2D eigenvalue weighted by molar-refractivity contribution is 0.204. The van der Waals surface area contributed by atoms with E-state index in [2.05, 4.69) is 9.97 Å². The zero-order valence-corrected chi connectivity index (χ0v) is 9.52. The predicted molar refractivity (Wildman–Crippen MR) is 58.0 cm³/mol. The number of rotatable bonds is 4. The molecule has 1 rings (SSSR count). The van der Waals surface area contributed by atoms with Gasteiger partial charge in [-0.3, -0.25) is 0 Å². The first kappa shape index (κ1) is 11.6. The van der Waals surface area contributed by atoms with Crippen LogP contribution in [-0.2, 0) is 0 Å². The van der Waals surface area contributed by atoms with E-state index in [1.165, 1.54) is 0 Å². The highest BCUT2D eigenvalue weighted by Gasteiger charge is 2.07. The SMILES string of the molecule is CC(C)Oc1cc(N)nc(OC(C)C)n1. The fraction of sp³-hybridized carbons (Fsp3) is 0.600. The number of hydrogen-bond donors (Lipinski definition) is 1. The second kappa shape index (κ2) is 4.82. The van der Waals surface area contributed by atoms with Gasteiger partial charge in [-0.15, -0.1) is 0 Å². The Kier molecular flexibility index (Phi) is 3.71. The monoisotopic (exact) mass is 211 g/mol. The summed E-state index contributed by atoms with van der Waals surface area (Å²) in [6.45, 7) is 7.63. The van der Waals surface area contributed by atoms with Crippen LogP contribution < -0.4 is 15.2 Å². The number of hydrogen-bond acceptors (Lipinski definition) is 5. The van der Waals surface area contributed by atoms with E-state index in [0.29, 0.717) is 11.7 Å². The summed E-state index contributed by atoms with van der Waals surface area (Å²) < 4.78 is 10.7. The smallest absolute Gasteiger partial charge is 0.321 e. The molecule has 5 nitrogen and oxygen atoms in total. The van der Waals surface area contributed by atoms with E-state index >= 15 is 0 Å². The Hall–Kier alpha value is -1.52. The van der Waals surface area contributed by atoms with Gasteiger partial charge in [0.05, 0.1) is 12.2 Å². The normalized spacial score (nSPS) is 10.8. The Balaban J connectivity index is 2.84. The molecule has 5 heteroatoms. The number of nitrogens with zero attached hydrogens (tertiary/aromatic N) is 2. The first-order valence-electron chi connectivity index (χ1n) is 4.95. The molecule has 0 fully saturated rings. The molecule has 1 aromatic heterocycles. The molecule has 0 bridgehead atoms. The minimum absolute atomic E-state index is 0.0127. The Morgan fingerprint density at radius 3 is 2.20 bits per heavy atom. The van der Waals surface area contributed by atoms with Crippen LogP contribution in [0.5, 0.6) is 11.9 Å². The van der Waals surface area contributed by atoms with Crippen molar-refractivity contribution >= 4 is 5.82 Å². The number of aromatic nitrogens is 2. The Labute approximate surface area is 89.6 Å². The highest BCUT2D eigenvalue weighted by molar-refractivity contribution is 5.34. The summed E-state index contributed by atoms with van der Waals surface area (Å²) in [5.41, 5.74) is 5.60. The summed E-state index contributed by atoms with van der Waals surface area (Å²) >= 11 is 0. The maximum Gasteiger partial charge on any atom is 0.321 e. The van der Waals surface area contributed by atoms with Crippen molar-refractivity contribution in [3.8, 4) is 11.9 Å². The molecule has 0 aliphatic carbocycles. The largest absolute Gasteiger partial charge is 0.475 e. The average Bonchev–Trinajstić information content (AvgIpc) is 1.98. The third-order valence-electron chi connectivity index (χ3n) is 1.40. The lowest BCUT2D eigenvalue weighted by Crippen LogP contribution is -2.12. The van der Waals surface area contributed by atoms with E-state index in [0.717, 1.165) is 0 Å². The molecule has 0 aliphatic rings. The quantitative estimate of drug-likeness (QED) is 0.819.